The Morgan fingerprint density at radius 2 is 2.22 bits per heavy atom. The monoisotopic (exact) mass is 278 g/mol. The summed E-state index contributed by atoms with van der Waals surface area (Å²) in [6, 6.07) is 0. The van der Waals surface area contributed by atoms with Crippen molar-refractivity contribution >= 4 is 22.1 Å². The van der Waals surface area contributed by atoms with Gasteiger partial charge >= 0.3 is 16.2 Å². The van der Waals surface area contributed by atoms with E-state index in [0.29, 0.717) is 0 Å². The van der Waals surface area contributed by atoms with Gasteiger partial charge in [-0.05, 0) is 5.21 Å². The molecule has 1 aromatic heterocycles. The van der Waals surface area contributed by atoms with Crippen molar-refractivity contribution in [3.05, 3.63) is 0 Å². The minimum absolute atomic E-state index is 0.0116. The number of carbonyl (C=O) groups excluding carboxylic acids is 1. The second-order valence-corrected chi connectivity index (χ2v) is 5.13. The third-order valence-corrected chi connectivity index (χ3v) is 3.44. The lowest BCUT2D eigenvalue weighted by atomic mass is 10.4. The zero-order valence-electron chi connectivity index (χ0n) is 10.2. The number of nitrogens with one attached hydrogen (secondary N) is 1. The van der Waals surface area contributed by atoms with E-state index in [1.54, 1.807) is 0 Å². The summed E-state index contributed by atoms with van der Waals surface area (Å²) in [7, 11) is 0.255. The van der Waals surface area contributed by atoms with Gasteiger partial charge in [0.15, 0.2) is 0 Å². The molecule has 0 aliphatic rings. The Labute approximate surface area is 104 Å². The lowest BCUT2D eigenvalue weighted by Crippen LogP contribution is -2.34. The second-order valence-electron chi connectivity index (χ2n) is 3.36. The van der Waals surface area contributed by atoms with Gasteiger partial charge in [-0.2, -0.15) is 17.5 Å². The van der Waals surface area contributed by atoms with Crippen molar-refractivity contribution in [1.29, 1.82) is 0 Å². The normalized spacial score (nSPS) is 11.6. The highest BCUT2D eigenvalue weighted by Crippen LogP contribution is 2.03. The van der Waals surface area contributed by atoms with Crippen LogP contribution in [0.3, 0.4) is 0 Å². The maximum Gasteiger partial charge on any atom is 0.306 e. The molecule has 0 saturated carbocycles. The van der Waals surface area contributed by atoms with Crippen molar-refractivity contribution in [2.45, 2.75) is 6.42 Å². The van der Waals surface area contributed by atoms with Crippen molar-refractivity contribution in [3.63, 3.8) is 0 Å². The summed E-state index contributed by atoms with van der Waals surface area (Å²) in [5.41, 5.74) is 0. The van der Waals surface area contributed by atoms with Crippen LogP contribution in [-0.4, -0.2) is 59.6 Å². The molecule has 102 valence electrons. The van der Waals surface area contributed by atoms with Gasteiger partial charge in [0, 0.05) is 13.6 Å². The van der Waals surface area contributed by atoms with Gasteiger partial charge in [0.05, 0.1) is 20.6 Å². The van der Waals surface area contributed by atoms with E-state index >= 15 is 0 Å². The molecular weight excluding hydrogens is 264 g/mol. The van der Waals surface area contributed by atoms with E-state index in [1.165, 1.54) is 21.2 Å². The highest BCUT2D eigenvalue weighted by molar-refractivity contribution is 7.90. The summed E-state index contributed by atoms with van der Waals surface area (Å²) in [5.74, 6) is -0.628. The highest BCUT2D eigenvalue weighted by Gasteiger charge is 2.20. The lowest BCUT2D eigenvalue weighted by Gasteiger charge is -2.15. The molecule has 1 heterocycles. The van der Waals surface area contributed by atoms with E-state index in [9.17, 15) is 13.2 Å². The van der Waals surface area contributed by atoms with E-state index < -0.39 is 16.2 Å². The fraction of sp³-hybridized carbons (Fsp3) is 0.714. The molecule has 0 fully saturated rings. The van der Waals surface area contributed by atoms with Crippen molar-refractivity contribution in [3.8, 4) is 0 Å². The predicted octanol–water partition coefficient (Wildman–Crippen LogP) is -1.64. The van der Waals surface area contributed by atoms with E-state index in [2.05, 4.69) is 24.9 Å². The number of aryl methyl sites for hydroxylation is 1. The molecule has 11 heteroatoms. The largest absolute Gasteiger partial charge is 0.469 e. The lowest BCUT2D eigenvalue weighted by molar-refractivity contribution is -0.140. The zero-order chi connectivity index (χ0) is 13.8. The molecule has 0 amide bonds. The molecule has 0 unspecified atom stereocenters. The Morgan fingerprint density at radius 1 is 1.56 bits per heavy atom. The van der Waals surface area contributed by atoms with E-state index in [1.807, 2.05) is 0 Å². The van der Waals surface area contributed by atoms with Crippen molar-refractivity contribution in [2.75, 3.05) is 25.4 Å². The molecule has 0 spiro atoms. The summed E-state index contributed by atoms with van der Waals surface area (Å²) in [6.45, 7) is -0.0116. The van der Waals surface area contributed by atoms with Gasteiger partial charge in [-0.25, -0.2) is 4.72 Å². The molecule has 1 rings (SSSR count). The van der Waals surface area contributed by atoms with Gasteiger partial charge in [-0.15, -0.1) is 5.10 Å². The molecule has 0 atom stereocenters. The van der Waals surface area contributed by atoms with Gasteiger partial charge in [-0.3, -0.25) is 4.79 Å². The first-order valence-corrected chi connectivity index (χ1v) is 6.34. The Kier molecular flexibility index (Phi) is 4.55. The van der Waals surface area contributed by atoms with Crippen LogP contribution in [0, 0.1) is 0 Å². The van der Waals surface area contributed by atoms with Gasteiger partial charge in [0.25, 0.3) is 5.95 Å². The Hall–Kier alpha value is -1.75. The SMILES string of the molecule is COC(=O)CCN(C)S(=O)(=O)Nc1nnn(C)n1. The highest BCUT2D eigenvalue weighted by atomic mass is 32.2. The summed E-state index contributed by atoms with van der Waals surface area (Å²) in [5, 5.41) is 10.6. The summed E-state index contributed by atoms with van der Waals surface area (Å²) in [6.07, 6.45) is -0.0399. The van der Waals surface area contributed by atoms with E-state index in [4.69, 9.17) is 0 Å². The Bertz CT molecular complexity index is 512. The minimum Gasteiger partial charge on any atom is -0.469 e. The first-order valence-electron chi connectivity index (χ1n) is 4.90. The topological polar surface area (TPSA) is 119 Å². The summed E-state index contributed by atoms with van der Waals surface area (Å²) < 4.78 is 31.0. The molecule has 0 aliphatic heterocycles. The Morgan fingerprint density at radius 3 is 2.72 bits per heavy atom. The Balaban J connectivity index is 2.60. The van der Waals surface area contributed by atoms with Crippen LogP contribution in [0.25, 0.3) is 0 Å². The number of rotatable bonds is 6. The predicted molar refractivity (Wildman–Crippen MR) is 60.6 cm³/mol. The molecule has 1 N–H and O–H groups in total. The average Bonchev–Trinajstić information content (AvgIpc) is 2.70. The first-order chi connectivity index (χ1) is 8.35. The summed E-state index contributed by atoms with van der Waals surface area (Å²) in [4.78, 5) is 12.0. The maximum absolute atomic E-state index is 11.8. The fourth-order valence-electron chi connectivity index (χ4n) is 0.989. The molecule has 0 saturated heterocycles. The van der Waals surface area contributed by atoms with E-state index in [-0.39, 0.29) is 18.9 Å². The molecule has 0 aromatic carbocycles. The van der Waals surface area contributed by atoms with Crippen molar-refractivity contribution in [2.24, 2.45) is 7.05 Å². The quantitative estimate of drug-likeness (QED) is 0.620. The number of tetrazole rings is 1. The minimum atomic E-state index is -3.81. The maximum atomic E-state index is 11.8. The van der Waals surface area contributed by atoms with Crippen LogP contribution in [0.5, 0.6) is 0 Å². The van der Waals surface area contributed by atoms with Crippen LogP contribution in [-0.2, 0) is 26.8 Å². The van der Waals surface area contributed by atoms with Crippen LogP contribution in [0.1, 0.15) is 6.42 Å². The molecule has 1 aromatic rings. The third kappa shape index (κ3) is 3.92. The number of ether oxygens (including phenoxy) is 1. The number of esters is 1. The fourth-order valence-corrected chi connectivity index (χ4v) is 1.79. The second kappa shape index (κ2) is 5.73. The van der Waals surface area contributed by atoms with Crippen LogP contribution < -0.4 is 4.72 Å². The van der Waals surface area contributed by atoms with Gasteiger partial charge in [-0.1, -0.05) is 5.10 Å². The number of methoxy groups -OCH3 is 1. The van der Waals surface area contributed by atoms with Gasteiger partial charge < -0.3 is 4.74 Å². The van der Waals surface area contributed by atoms with Crippen molar-refractivity contribution < 1.29 is 17.9 Å². The van der Waals surface area contributed by atoms with E-state index in [0.717, 1.165) is 9.10 Å². The standard InChI is InChI=1S/C7H14N6O4S/c1-12(5-4-6(14)17-3)18(15,16)10-7-8-11-13(2)9-7/h4-5H2,1-3H3,(H,9,10). The zero-order valence-corrected chi connectivity index (χ0v) is 11.0. The molecule has 10 nitrogen and oxygen atoms in total. The van der Waals surface area contributed by atoms with Crippen LogP contribution in [0.4, 0.5) is 5.95 Å². The average molecular weight is 278 g/mol. The first kappa shape index (κ1) is 14.3. The van der Waals surface area contributed by atoms with Crippen LogP contribution >= 0.6 is 0 Å². The molecular formula is C7H14N6O4S. The van der Waals surface area contributed by atoms with Gasteiger partial charge in [0.1, 0.15) is 0 Å². The van der Waals surface area contributed by atoms with Crippen LogP contribution in [0.15, 0.2) is 0 Å². The molecule has 0 radical (unpaired) electrons. The third-order valence-electron chi connectivity index (χ3n) is 2.00. The number of anilines is 1. The number of carbonyl (C=O) groups is 1. The summed E-state index contributed by atoms with van der Waals surface area (Å²) >= 11 is 0. The smallest absolute Gasteiger partial charge is 0.306 e. The molecule has 0 aliphatic carbocycles. The molecule has 0 bridgehead atoms. The number of nitrogens with zero attached hydrogens (tertiary/aromatic N) is 5. The van der Waals surface area contributed by atoms with Gasteiger partial charge in [0.2, 0.25) is 0 Å². The number of aromatic nitrogens is 4. The number of hydrogen-bond acceptors (Lipinski definition) is 7. The molecule has 18 heavy (non-hydrogen) atoms. The van der Waals surface area contributed by atoms with Crippen LogP contribution in [0.2, 0.25) is 0 Å². The number of hydrogen-bond donors (Lipinski definition) is 1. The van der Waals surface area contributed by atoms with Crippen molar-refractivity contribution in [1.82, 2.24) is 24.5 Å².